The van der Waals surface area contributed by atoms with Crippen LogP contribution in [0.4, 0.5) is 0 Å². The normalized spacial score (nSPS) is 41.9. The molecule has 2 bridgehead atoms. The molecule has 3 aliphatic heterocycles. The van der Waals surface area contributed by atoms with Crippen LogP contribution in [0.3, 0.4) is 0 Å². The van der Waals surface area contributed by atoms with Crippen molar-refractivity contribution in [2.45, 2.75) is 81.5 Å². The first-order valence-corrected chi connectivity index (χ1v) is 14.4. The highest BCUT2D eigenvalue weighted by Crippen LogP contribution is 2.69. The Morgan fingerprint density at radius 3 is 2.86 bits per heavy atom. The summed E-state index contributed by atoms with van der Waals surface area (Å²) < 4.78 is 13.2. The summed E-state index contributed by atoms with van der Waals surface area (Å²) in [6.45, 7) is 6.52. The Labute approximate surface area is 214 Å². The van der Waals surface area contributed by atoms with Gasteiger partial charge in [-0.1, -0.05) is 31.2 Å². The van der Waals surface area contributed by atoms with Gasteiger partial charge in [-0.05, 0) is 103 Å². The fraction of sp³-hybridized carbons (Fsp3) is 0.594. The van der Waals surface area contributed by atoms with Gasteiger partial charge in [-0.25, -0.2) is 0 Å². The summed E-state index contributed by atoms with van der Waals surface area (Å²) in [5, 5.41) is 2.56. The minimum absolute atomic E-state index is 0.0243. The molecule has 0 radical (unpaired) electrons. The molecule has 0 N–H and O–H groups in total. The predicted molar refractivity (Wildman–Crippen MR) is 142 cm³/mol. The number of morpholine rings is 1. The number of nitrogens with zero attached hydrogens (tertiary/aromatic N) is 2. The molecule has 2 aromatic rings. The first-order chi connectivity index (χ1) is 17.6. The van der Waals surface area contributed by atoms with Crippen LogP contribution < -0.4 is 0 Å². The van der Waals surface area contributed by atoms with Crippen LogP contribution in [0.25, 0.3) is 10.8 Å². The Bertz CT molecular complexity index is 1280. The smallest absolute Gasteiger partial charge is 0.0974 e. The van der Waals surface area contributed by atoms with Crippen LogP contribution in [0.5, 0.6) is 0 Å². The highest BCUT2D eigenvalue weighted by Gasteiger charge is 2.66. The standard InChI is InChI=1S/C32H38N2O2/c1-30-10-8-26-19-25-4-5-27(34-14-16-35-17-15-34)20-31(25)11-12-32(26,36-31)29(30)7-6-28(30)23-3-2-22-9-13-33-21-24(22)18-23/h2-3,8-9,13,18-19,21,27-29H,4-7,10-12,14-17,20H2,1H3/t27-,28-,29-,30-,31?,32-/m1/s1. The molecule has 1 aromatic carbocycles. The summed E-state index contributed by atoms with van der Waals surface area (Å²) in [6.07, 6.45) is 18.9. The second kappa shape index (κ2) is 7.75. The molecule has 8 rings (SSSR count). The van der Waals surface area contributed by atoms with E-state index < -0.39 is 0 Å². The maximum Gasteiger partial charge on any atom is 0.0974 e. The highest BCUT2D eigenvalue weighted by molar-refractivity contribution is 5.82. The molecule has 188 valence electrons. The van der Waals surface area contributed by atoms with E-state index in [1.54, 1.807) is 5.57 Å². The Balaban J connectivity index is 1.13. The molecule has 1 aromatic heterocycles. The number of ether oxygens (including phenoxy) is 2. The van der Waals surface area contributed by atoms with Gasteiger partial charge in [0.1, 0.15) is 0 Å². The number of rotatable bonds is 2. The number of hydrogen-bond acceptors (Lipinski definition) is 4. The summed E-state index contributed by atoms with van der Waals surface area (Å²) in [6, 6.07) is 9.88. The lowest BCUT2D eigenvalue weighted by Crippen LogP contribution is -2.56. The molecule has 1 unspecified atom stereocenters. The van der Waals surface area contributed by atoms with Gasteiger partial charge in [-0.3, -0.25) is 9.88 Å². The van der Waals surface area contributed by atoms with Gasteiger partial charge in [0, 0.05) is 36.9 Å². The van der Waals surface area contributed by atoms with Gasteiger partial charge in [0.15, 0.2) is 0 Å². The first-order valence-electron chi connectivity index (χ1n) is 14.4. The van der Waals surface area contributed by atoms with Crippen molar-refractivity contribution in [1.82, 2.24) is 9.88 Å². The van der Waals surface area contributed by atoms with E-state index in [9.17, 15) is 0 Å². The molecule has 6 aliphatic rings. The largest absolute Gasteiger partial charge is 0.379 e. The maximum atomic E-state index is 7.53. The second-order valence-corrected chi connectivity index (χ2v) is 12.7. The number of benzene rings is 1. The van der Waals surface area contributed by atoms with E-state index in [4.69, 9.17) is 9.47 Å². The van der Waals surface area contributed by atoms with E-state index in [-0.39, 0.29) is 16.6 Å². The Morgan fingerprint density at radius 1 is 1.03 bits per heavy atom. The van der Waals surface area contributed by atoms with Gasteiger partial charge >= 0.3 is 0 Å². The summed E-state index contributed by atoms with van der Waals surface area (Å²) in [5.41, 5.74) is 4.78. The minimum atomic E-state index is -0.0729. The van der Waals surface area contributed by atoms with Crippen molar-refractivity contribution in [3.8, 4) is 0 Å². The Kier molecular flexibility index (Phi) is 4.74. The van der Waals surface area contributed by atoms with Gasteiger partial charge in [0.05, 0.1) is 24.4 Å². The number of allylic oxidation sites excluding steroid dienone is 1. The third-order valence-corrected chi connectivity index (χ3v) is 11.3. The molecule has 4 fully saturated rings. The van der Waals surface area contributed by atoms with Crippen LogP contribution in [0, 0.1) is 11.3 Å². The van der Waals surface area contributed by atoms with Gasteiger partial charge in [-0.2, -0.15) is 0 Å². The summed E-state index contributed by atoms with van der Waals surface area (Å²) in [4.78, 5) is 7.09. The lowest BCUT2D eigenvalue weighted by Gasteiger charge is -2.55. The molecule has 0 amide bonds. The molecule has 36 heavy (non-hydrogen) atoms. The van der Waals surface area contributed by atoms with E-state index in [0.717, 1.165) is 26.3 Å². The van der Waals surface area contributed by atoms with Crippen LogP contribution in [-0.4, -0.2) is 53.4 Å². The van der Waals surface area contributed by atoms with E-state index in [2.05, 4.69) is 53.2 Å². The van der Waals surface area contributed by atoms with Crippen molar-refractivity contribution in [2.24, 2.45) is 11.3 Å². The van der Waals surface area contributed by atoms with Crippen molar-refractivity contribution in [3.05, 3.63) is 65.5 Å². The number of aromatic nitrogens is 1. The van der Waals surface area contributed by atoms with Crippen molar-refractivity contribution >= 4 is 10.8 Å². The predicted octanol–water partition coefficient (Wildman–Crippen LogP) is 6.18. The van der Waals surface area contributed by atoms with E-state index in [0.29, 0.717) is 17.9 Å². The van der Waals surface area contributed by atoms with Crippen LogP contribution >= 0.6 is 0 Å². The average molecular weight is 483 g/mol. The van der Waals surface area contributed by atoms with E-state index in [1.807, 2.05) is 12.4 Å². The van der Waals surface area contributed by atoms with Gasteiger partial charge in [0.2, 0.25) is 0 Å². The van der Waals surface area contributed by atoms with Gasteiger partial charge in [0.25, 0.3) is 0 Å². The first kappa shape index (κ1) is 22.0. The zero-order chi connectivity index (χ0) is 24.0. The molecular formula is C32H38N2O2. The summed E-state index contributed by atoms with van der Waals surface area (Å²) >= 11 is 0. The molecule has 6 atom stereocenters. The average Bonchev–Trinajstić information content (AvgIpc) is 3.43. The van der Waals surface area contributed by atoms with Crippen LogP contribution in [0.2, 0.25) is 0 Å². The molecular weight excluding hydrogens is 444 g/mol. The zero-order valence-electron chi connectivity index (χ0n) is 21.5. The van der Waals surface area contributed by atoms with Crippen molar-refractivity contribution < 1.29 is 9.47 Å². The van der Waals surface area contributed by atoms with Crippen LogP contribution in [0.15, 0.2) is 60.0 Å². The third-order valence-electron chi connectivity index (χ3n) is 11.3. The summed E-state index contributed by atoms with van der Waals surface area (Å²) in [7, 11) is 0. The van der Waals surface area contributed by atoms with Crippen molar-refractivity contribution in [3.63, 3.8) is 0 Å². The maximum absolute atomic E-state index is 7.53. The van der Waals surface area contributed by atoms with Gasteiger partial charge in [-0.15, -0.1) is 0 Å². The number of fused-ring (bicyclic) bond motifs is 2. The molecule has 3 aliphatic carbocycles. The Hall–Kier alpha value is -2.01. The molecule has 4 heteroatoms. The second-order valence-electron chi connectivity index (χ2n) is 12.7. The summed E-state index contributed by atoms with van der Waals surface area (Å²) in [5.74, 6) is 1.18. The van der Waals surface area contributed by atoms with E-state index in [1.165, 1.54) is 73.3 Å². The molecule has 2 saturated heterocycles. The lowest BCUT2D eigenvalue weighted by atomic mass is 9.58. The van der Waals surface area contributed by atoms with Crippen LogP contribution in [-0.2, 0) is 9.47 Å². The molecule has 4 heterocycles. The topological polar surface area (TPSA) is 34.6 Å². The van der Waals surface area contributed by atoms with Crippen LogP contribution in [0.1, 0.15) is 69.8 Å². The van der Waals surface area contributed by atoms with Gasteiger partial charge < -0.3 is 9.47 Å². The minimum Gasteiger partial charge on any atom is -0.379 e. The van der Waals surface area contributed by atoms with Crippen molar-refractivity contribution in [2.75, 3.05) is 26.3 Å². The Morgan fingerprint density at radius 2 is 1.94 bits per heavy atom. The highest BCUT2D eigenvalue weighted by atomic mass is 16.5. The zero-order valence-corrected chi connectivity index (χ0v) is 21.5. The fourth-order valence-electron chi connectivity index (χ4n) is 9.50. The third kappa shape index (κ3) is 2.95. The number of hydrogen-bond donors (Lipinski definition) is 0. The quantitative estimate of drug-likeness (QED) is 0.512. The van der Waals surface area contributed by atoms with Crippen molar-refractivity contribution in [1.29, 1.82) is 0 Å². The molecule has 2 spiro atoms. The fourth-order valence-corrected chi connectivity index (χ4v) is 9.50. The lowest BCUT2D eigenvalue weighted by molar-refractivity contribution is -0.143. The monoisotopic (exact) mass is 482 g/mol. The number of pyridine rings is 1. The van der Waals surface area contributed by atoms with E-state index >= 15 is 0 Å². The molecule has 2 saturated carbocycles. The molecule has 4 nitrogen and oxygen atoms in total. The SMILES string of the molecule is C[C@]12CC=C3C=C4CC[C@@H](N5CCOCC5)CC45CC[C@]3(O5)[C@@H]1CC[C@@H]2c1ccc2ccncc2c1.